The number of H-pyrrole nitrogens is 1. The minimum Gasteiger partial charge on any atom is -0.340 e. The highest BCUT2D eigenvalue weighted by molar-refractivity contribution is 5.73. The van der Waals surface area contributed by atoms with Crippen LogP contribution in [0, 0.1) is 0 Å². The summed E-state index contributed by atoms with van der Waals surface area (Å²) in [6.07, 6.45) is 7.20. The lowest BCUT2D eigenvalue weighted by Gasteiger charge is -2.35. The fraction of sp³-hybridized carbons (Fsp3) is 0.538. The summed E-state index contributed by atoms with van der Waals surface area (Å²) in [6, 6.07) is 1.97. The number of rotatable bonds is 2. The zero-order chi connectivity index (χ0) is 11.7. The number of fused-ring (bicyclic) bond motifs is 1. The van der Waals surface area contributed by atoms with Crippen LogP contribution in [-0.4, -0.2) is 28.0 Å². The van der Waals surface area contributed by atoms with Gasteiger partial charge in [-0.05, 0) is 31.9 Å². The third-order valence-corrected chi connectivity index (χ3v) is 3.93. The maximum atomic E-state index is 4.74. The number of piperidine rings is 1. The predicted molar refractivity (Wildman–Crippen MR) is 68.0 cm³/mol. The van der Waals surface area contributed by atoms with Crippen LogP contribution in [0.4, 0.5) is 0 Å². The highest BCUT2D eigenvalue weighted by Crippen LogP contribution is 2.33. The Labute approximate surface area is 101 Å². The lowest BCUT2D eigenvalue weighted by atomic mass is 9.77. The van der Waals surface area contributed by atoms with Gasteiger partial charge in [0, 0.05) is 18.2 Å². The number of aromatic nitrogens is 3. The molecule has 2 aromatic rings. The van der Waals surface area contributed by atoms with Crippen molar-refractivity contribution >= 4 is 11.0 Å². The second-order valence-corrected chi connectivity index (χ2v) is 4.89. The van der Waals surface area contributed by atoms with E-state index < -0.39 is 0 Å². The average Bonchev–Trinajstić information content (AvgIpc) is 2.84. The van der Waals surface area contributed by atoms with E-state index in [-0.39, 0.29) is 5.41 Å². The number of aromatic amines is 1. The normalized spacial score (nSPS) is 25.2. The summed E-state index contributed by atoms with van der Waals surface area (Å²) in [5, 5.41) is 3.49. The number of nitrogens with zero attached hydrogens (tertiary/aromatic N) is 2. The van der Waals surface area contributed by atoms with E-state index in [1.165, 1.54) is 12.8 Å². The van der Waals surface area contributed by atoms with Crippen molar-refractivity contribution in [2.24, 2.45) is 0 Å². The van der Waals surface area contributed by atoms with Gasteiger partial charge in [-0.1, -0.05) is 6.92 Å². The Morgan fingerprint density at radius 1 is 1.47 bits per heavy atom. The van der Waals surface area contributed by atoms with Crippen LogP contribution in [0.3, 0.4) is 0 Å². The number of pyridine rings is 1. The van der Waals surface area contributed by atoms with Gasteiger partial charge in [0.2, 0.25) is 0 Å². The summed E-state index contributed by atoms with van der Waals surface area (Å²) in [6.45, 7) is 4.40. The Kier molecular flexibility index (Phi) is 2.59. The third-order valence-electron chi connectivity index (χ3n) is 3.93. The molecule has 0 aliphatic carbocycles. The Hall–Kier alpha value is -1.42. The Morgan fingerprint density at radius 3 is 3.12 bits per heavy atom. The first kappa shape index (κ1) is 10.7. The summed E-state index contributed by atoms with van der Waals surface area (Å²) in [5.41, 5.74) is 2.24. The number of nitrogens with one attached hydrogen (secondary N) is 2. The largest absolute Gasteiger partial charge is 0.340 e. The lowest BCUT2D eigenvalue weighted by Crippen LogP contribution is -2.43. The number of hydrogen-bond donors (Lipinski definition) is 2. The molecule has 2 N–H and O–H groups in total. The number of imidazole rings is 1. The smallest absolute Gasteiger partial charge is 0.114 e. The van der Waals surface area contributed by atoms with Gasteiger partial charge in [0.05, 0.1) is 17.2 Å². The fourth-order valence-corrected chi connectivity index (χ4v) is 2.75. The highest BCUT2D eigenvalue weighted by atomic mass is 15.0. The Morgan fingerprint density at radius 2 is 2.41 bits per heavy atom. The summed E-state index contributed by atoms with van der Waals surface area (Å²) >= 11 is 0. The van der Waals surface area contributed by atoms with Gasteiger partial charge < -0.3 is 10.3 Å². The van der Waals surface area contributed by atoms with E-state index in [9.17, 15) is 0 Å². The van der Waals surface area contributed by atoms with Crippen molar-refractivity contribution in [2.75, 3.05) is 13.1 Å². The fourth-order valence-electron chi connectivity index (χ4n) is 2.75. The molecule has 1 saturated heterocycles. The van der Waals surface area contributed by atoms with Crippen LogP contribution in [0.15, 0.2) is 18.5 Å². The van der Waals surface area contributed by atoms with E-state index in [1.807, 2.05) is 12.3 Å². The van der Waals surface area contributed by atoms with Crippen LogP contribution in [-0.2, 0) is 5.41 Å². The molecular formula is C13H18N4. The van der Waals surface area contributed by atoms with Gasteiger partial charge in [0.25, 0.3) is 0 Å². The van der Waals surface area contributed by atoms with Gasteiger partial charge >= 0.3 is 0 Å². The maximum absolute atomic E-state index is 4.74. The van der Waals surface area contributed by atoms with E-state index in [0.717, 1.165) is 36.4 Å². The SMILES string of the molecule is CCC1(c2nc3ccncc3[nH]2)CCCNC1. The van der Waals surface area contributed by atoms with Crippen LogP contribution in [0.25, 0.3) is 11.0 Å². The van der Waals surface area contributed by atoms with E-state index >= 15 is 0 Å². The monoisotopic (exact) mass is 230 g/mol. The summed E-state index contributed by atoms with van der Waals surface area (Å²) in [7, 11) is 0. The molecule has 0 amide bonds. The average molecular weight is 230 g/mol. The van der Waals surface area contributed by atoms with Crippen molar-refractivity contribution in [2.45, 2.75) is 31.6 Å². The van der Waals surface area contributed by atoms with Crippen molar-refractivity contribution in [3.8, 4) is 0 Å². The van der Waals surface area contributed by atoms with Crippen LogP contribution in [0.2, 0.25) is 0 Å². The van der Waals surface area contributed by atoms with Crippen LogP contribution >= 0.6 is 0 Å². The van der Waals surface area contributed by atoms with E-state index in [1.54, 1.807) is 6.20 Å². The van der Waals surface area contributed by atoms with Crippen molar-refractivity contribution < 1.29 is 0 Å². The molecule has 90 valence electrons. The van der Waals surface area contributed by atoms with Crippen LogP contribution in [0.5, 0.6) is 0 Å². The standard InChI is InChI=1S/C13H18N4/c1-2-13(5-3-6-15-9-13)12-16-10-4-7-14-8-11(10)17-12/h4,7-8,15H,2-3,5-6,9H2,1H3,(H,16,17). The maximum Gasteiger partial charge on any atom is 0.114 e. The lowest BCUT2D eigenvalue weighted by molar-refractivity contribution is 0.290. The molecular weight excluding hydrogens is 212 g/mol. The molecule has 3 rings (SSSR count). The second-order valence-electron chi connectivity index (χ2n) is 4.89. The molecule has 3 heterocycles. The highest BCUT2D eigenvalue weighted by Gasteiger charge is 2.34. The first-order valence-corrected chi connectivity index (χ1v) is 6.35. The molecule has 0 aromatic carbocycles. The Bertz CT molecular complexity index is 478. The molecule has 0 saturated carbocycles. The van der Waals surface area contributed by atoms with Gasteiger partial charge in [-0.15, -0.1) is 0 Å². The van der Waals surface area contributed by atoms with E-state index in [0.29, 0.717) is 0 Å². The Balaban J connectivity index is 2.05. The van der Waals surface area contributed by atoms with Crippen molar-refractivity contribution in [3.05, 3.63) is 24.3 Å². The van der Waals surface area contributed by atoms with E-state index in [2.05, 4.69) is 22.2 Å². The molecule has 17 heavy (non-hydrogen) atoms. The van der Waals surface area contributed by atoms with Gasteiger partial charge in [-0.25, -0.2) is 4.98 Å². The molecule has 0 radical (unpaired) electrons. The zero-order valence-electron chi connectivity index (χ0n) is 10.2. The van der Waals surface area contributed by atoms with Gasteiger partial charge in [0.1, 0.15) is 5.82 Å². The molecule has 2 aromatic heterocycles. The van der Waals surface area contributed by atoms with Crippen LogP contribution in [0.1, 0.15) is 32.0 Å². The molecule has 0 spiro atoms. The van der Waals surface area contributed by atoms with Crippen molar-refractivity contribution in [3.63, 3.8) is 0 Å². The first-order chi connectivity index (χ1) is 8.34. The minimum absolute atomic E-state index is 0.178. The topological polar surface area (TPSA) is 53.6 Å². The molecule has 1 aliphatic heterocycles. The number of hydrogen-bond acceptors (Lipinski definition) is 3. The molecule has 1 atom stereocenters. The summed E-state index contributed by atoms with van der Waals surface area (Å²) in [5.74, 6) is 1.12. The van der Waals surface area contributed by atoms with Crippen molar-refractivity contribution in [1.82, 2.24) is 20.3 Å². The molecule has 1 unspecified atom stereocenters. The van der Waals surface area contributed by atoms with Crippen LogP contribution < -0.4 is 5.32 Å². The first-order valence-electron chi connectivity index (χ1n) is 6.35. The van der Waals surface area contributed by atoms with Gasteiger partial charge in [0.15, 0.2) is 0 Å². The second kappa shape index (κ2) is 4.11. The molecule has 1 aliphatic rings. The quantitative estimate of drug-likeness (QED) is 0.829. The van der Waals surface area contributed by atoms with E-state index in [4.69, 9.17) is 4.98 Å². The van der Waals surface area contributed by atoms with Gasteiger partial charge in [-0.3, -0.25) is 4.98 Å². The third kappa shape index (κ3) is 1.72. The van der Waals surface area contributed by atoms with Crippen molar-refractivity contribution in [1.29, 1.82) is 0 Å². The summed E-state index contributed by atoms with van der Waals surface area (Å²) < 4.78 is 0. The molecule has 0 bridgehead atoms. The van der Waals surface area contributed by atoms with Gasteiger partial charge in [-0.2, -0.15) is 0 Å². The zero-order valence-corrected chi connectivity index (χ0v) is 10.2. The predicted octanol–water partition coefficient (Wildman–Crippen LogP) is 1.99. The molecule has 1 fully saturated rings. The minimum atomic E-state index is 0.178. The summed E-state index contributed by atoms with van der Waals surface area (Å²) in [4.78, 5) is 12.3. The molecule has 4 nitrogen and oxygen atoms in total. The molecule has 4 heteroatoms.